The van der Waals surface area contributed by atoms with Gasteiger partial charge in [-0.3, -0.25) is 9.69 Å². The van der Waals surface area contributed by atoms with E-state index in [1.807, 2.05) is 0 Å². The first-order valence-electron chi connectivity index (χ1n) is 6.15. The topological polar surface area (TPSA) is 49.9 Å². The molecule has 1 unspecified atom stereocenters. The molecule has 2 aliphatic heterocycles. The molecule has 0 aromatic rings. The highest BCUT2D eigenvalue weighted by molar-refractivity contribution is 5.79. The van der Waals surface area contributed by atoms with Gasteiger partial charge in [0, 0.05) is 44.6 Å². The largest absolute Gasteiger partial charge is 0.453 e. The fourth-order valence-corrected chi connectivity index (χ4v) is 2.78. The molecule has 1 atom stereocenters. The van der Waals surface area contributed by atoms with Gasteiger partial charge < -0.3 is 9.64 Å². The van der Waals surface area contributed by atoms with Gasteiger partial charge >= 0.3 is 6.09 Å². The summed E-state index contributed by atoms with van der Waals surface area (Å²) in [6, 6.07) is 0. The molecule has 2 aliphatic rings. The van der Waals surface area contributed by atoms with E-state index in [1.54, 1.807) is 4.90 Å². The third-order valence-corrected chi connectivity index (χ3v) is 3.97. The minimum absolute atomic E-state index is 0.00882. The molecule has 0 spiro atoms. The van der Waals surface area contributed by atoms with E-state index in [1.165, 1.54) is 7.11 Å². The normalized spacial score (nSPS) is 30.7. The van der Waals surface area contributed by atoms with Crippen LogP contribution in [-0.2, 0) is 9.53 Å². The SMILES string of the molecule is COC(=O)N1CCC(C)(N2CCC(=O)CC2)C1. The van der Waals surface area contributed by atoms with Crippen LogP contribution in [0.4, 0.5) is 4.79 Å². The Hall–Kier alpha value is -1.10. The molecule has 2 heterocycles. The summed E-state index contributed by atoms with van der Waals surface area (Å²) in [4.78, 5) is 26.8. The first-order chi connectivity index (χ1) is 8.05. The van der Waals surface area contributed by atoms with Crippen LogP contribution in [0.1, 0.15) is 26.2 Å². The molecule has 96 valence electrons. The molecule has 0 aromatic carbocycles. The van der Waals surface area contributed by atoms with Crippen LogP contribution in [0.5, 0.6) is 0 Å². The van der Waals surface area contributed by atoms with E-state index < -0.39 is 0 Å². The van der Waals surface area contributed by atoms with Crippen LogP contribution in [0.3, 0.4) is 0 Å². The third-order valence-electron chi connectivity index (χ3n) is 3.97. The maximum atomic E-state index is 11.5. The fourth-order valence-electron chi connectivity index (χ4n) is 2.78. The van der Waals surface area contributed by atoms with Crippen molar-refractivity contribution in [2.75, 3.05) is 33.3 Å². The lowest BCUT2D eigenvalue weighted by atomic mass is 9.95. The van der Waals surface area contributed by atoms with Crippen LogP contribution in [0, 0.1) is 0 Å². The summed E-state index contributed by atoms with van der Waals surface area (Å²) in [5.74, 6) is 0.354. The van der Waals surface area contributed by atoms with Crippen molar-refractivity contribution in [2.24, 2.45) is 0 Å². The number of rotatable bonds is 1. The quantitative estimate of drug-likeness (QED) is 0.683. The molecule has 1 amide bonds. The second kappa shape index (κ2) is 4.64. The van der Waals surface area contributed by atoms with E-state index in [4.69, 9.17) is 4.74 Å². The fraction of sp³-hybridized carbons (Fsp3) is 0.833. The number of ketones is 1. The molecule has 2 rings (SSSR count). The number of likely N-dealkylation sites (tertiary alicyclic amines) is 2. The standard InChI is InChI=1S/C12H20N2O3/c1-12(14-6-3-10(15)4-7-14)5-8-13(9-12)11(16)17-2/h3-9H2,1-2H3. The van der Waals surface area contributed by atoms with Crippen LogP contribution < -0.4 is 0 Å². The highest BCUT2D eigenvalue weighted by atomic mass is 16.5. The summed E-state index contributed by atoms with van der Waals surface area (Å²) in [7, 11) is 1.41. The smallest absolute Gasteiger partial charge is 0.409 e. The average Bonchev–Trinajstić information content (AvgIpc) is 2.73. The Morgan fingerprint density at radius 2 is 1.94 bits per heavy atom. The van der Waals surface area contributed by atoms with E-state index in [-0.39, 0.29) is 11.6 Å². The summed E-state index contributed by atoms with van der Waals surface area (Å²) in [6.07, 6.45) is 2.00. The molecule has 0 saturated carbocycles. The number of hydrogen-bond acceptors (Lipinski definition) is 4. The van der Waals surface area contributed by atoms with Gasteiger partial charge in [-0.2, -0.15) is 0 Å². The number of carbonyl (C=O) groups excluding carboxylic acids is 2. The van der Waals surface area contributed by atoms with Crippen molar-refractivity contribution < 1.29 is 14.3 Å². The predicted octanol–water partition coefficient (Wildman–Crippen LogP) is 0.882. The molecule has 17 heavy (non-hydrogen) atoms. The molecule has 5 heteroatoms. The number of nitrogens with zero attached hydrogens (tertiary/aromatic N) is 2. The van der Waals surface area contributed by atoms with E-state index in [9.17, 15) is 9.59 Å². The van der Waals surface area contributed by atoms with Gasteiger partial charge in [-0.05, 0) is 13.3 Å². The molecule has 0 N–H and O–H groups in total. The van der Waals surface area contributed by atoms with Gasteiger partial charge in [-0.1, -0.05) is 0 Å². The molecular weight excluding hydrogens is 220 g/mol. The molecule has 2 saturated heterocycles. The zero-order chi connectivity index (χ0) is 12.5. The van der Waals surface area contributed by atoms with Gasteiger partial charge in [-0.25, -0.2) is 4.79 Å². The predicted molar refractivity (Wildman–Crippen MR) is 62.8 cm³/mol. The molecule has 2 fully saturated rings. The van der Waals surface area contributed by atoms with Gasteiger partial charge in [0.25, 0.3) is 0 Å². The number of piperidine rings is 1. The van der Waals surface area contributed by atoms with Crippen molar-refractivity contribution in [3.05, 3.63) is 0 Å². The van der Waals surface area contributed by atoms with E-state index >= 15 is 0 Å². The van der Waals surface area contributed by atoms with Crippen LogP contribution >= 0.6 is 0 Å². The van der Waals surface area contributed by atoms with Gasteiger partial charge in [0.05, 0.1) is 7.11 Å². The minimum Gasteiger partial charge on any atom is -0.453 e. The van der Waals surface area contributed by atoms with Crippen LogP contribution in [0.15, 0.2) is 0 Å². The van der Waals surface area contributed by atoms with E-state index in [0.717, 1.165) is 26.1 Å². The first-order valence-corrected chi connectivity index (χ1v) is 6.15. The number of amides is 1. The van der Waals surface area contributed by atoms with Gasteiger partial charge in [-0.15, -0.1) is 0 Å². The second-order valence-electron chi connectivity index (χ2n) is 5.16. The molecule has 5 nitrogen and oxygen atoms in total. The Kier molecular flexibility index (Phi) is 3.38. The number of carbonyl (C=O) groups is 2. The molecular formula is C12H20N2O3. The highest BCUT2D eigenvalue weighted by Gasteiger charge is 2.41. The monoisotopic (exact) mass is 240 g/mol. The molecule has 0 radical (unpaired) electrons. The first kappa shape index (κ1) is 12.4. The van der Waals surface area contributed by atoms with E-state index in [2.05, 4.69) is 11.8 Å². The lowest BCUT2D eigenvalue weighted by Gasteiger charge is -2.40. The van der Waals surface area contributed by atoms with Crippen molar-refractivity contribution in [3.63, 3.8) is 0 Å². The van der Waals surface area contributed by atoms with Crippen LogP contribution in [0.2, 0.25) is 0 Å². The second-order valence-corrected chi connectivity index (χ2v) is 5.16. The van der Waals surface area contributed by atoms with Crippen molar-refractivity contribution >= 4 is 11.9 Å². The number of methoxy groups -OCH3 is 1. The minimum atomic E-state index is -0.248. The highest BCUT2D eigenvalue weighted by Crippen LogP contribution is 2.29. The van der Waals surface area contributed by atoms with Crippen molar-refractivity contribution in [1.29, 1.82) is 0 Å². The Labute approximate surface area is 102 Å². The maximum absolute atomic E-state index is 11.5. The maximum Gasteiger partial charge on any atom is 0.409 e. The van der Waals surface area contributed by atoms with Crippen molar-refractivity contribution in [3.8, 4) is 0 Å². The summed E-state index contributed by atoms with van der Waals surface area (Å²) in [5.41, 5.74) is 0.00882. The van der Waals surface area contributed by atoms with Crippen molar-refractivity contribution in [1.82, 2.24) is 9.80 Å². The van der Waals surface area contributed by atoms with Gasteiger partial charge in [0.15, 0.2) is 0 Å². The van der Waals surface area contributed by atoms with E-state index in [0.29, 0.717) is 25.2 Å². The molecule has 0 aromatic heterocycles. The number of ether oxygens (including phenoxy) is 1. The lowest BCUT2D eigenvalue weighted by Crippen LogP contribution is -2.52. The third kappa shape index (κ3) is 2.44. The zero-order valence-corrected chi connectivity index (χ0v) is 10.6. The number of hydrogen-bond donors (Lipinski definition) is 0. The lowest BCUT2D eigenvalue weighted by molar-refractivity contribution is -0.122. The summed E-state index contributed by atoms with van der Waals surface area (Å²) in [5, 5.41) is 0. The number of Topliss-reactive ketones (excluding diaryl/α,β-unsaturated/α-hetero) is 1. The Morgan fingerprint density at radius 3 is 2.53 bits per heavy atom. The van der Waals surface area contributed by atoms with Gasteiger partial charge in [0.1, 0.15) is 5.78 Å². The average molecular weight is 240 g/mol. The summed E-state index contributed by atoms with van der Waals surface area (Å²) < 4.78 is 4.75. The zero-order valence-electron chi connectivity index (χ0n) is 10.6. The van der Waals surface area contributed by atoms with Gasteiger partial charge in [0.2, 0.25) is 0 Å². The summed E-state index contributed by atoms with van der Waals surface area (Å²) in [6.45, 7) is 5.27. The Bertz CT molecular complexity index is 322. The van der Waals surface area contributed by atoms with Crippen LogP contribution in [0.25, 0.3) is 0 Å². The Balaban J connectivity index is 1.96. The molecule has 0 bridgehead atoms. The van der Waals surface area contributed by atoms with Crippen LogP contribution in [-0.4, -0.2) is 60.5 Å². The molecule has 0 aliphatic carbocycles. The summed E-state index contributed by atoms with van der Waals surface area (Å²) >= 11 is 0. The Morgan fingerprint density at radius 1 is 1.29 bits per heavy atom. The van der Waals surface area contributed by atoms with Crippen molar-refractivity contribution in [2.45, 2.75) is 31.7 Å².